The van der Waals surface area contributed by atoms with Crippen LogP contribution in [0, 0.1) is 5.82 Å². The Morgan fingerprint density at radius 3 is 2.45 bits per heavy atom. The molecular formula is C21H13ClF4N2O. The molecule has 1 aromatic heterocycles. The molecule has 0 saturated heterocycles. The number of aromatic hydroxyl groups is 1. The number of benzene rings is 3. The van der Waals surface area contributed by atoms with Gasteiger partial charge in [-0.05, 0) is 30.3 Å². The van der Waals surface area contributed by atoms with Crippen molar-refractivity contribution in [1.82, 2.24) is 9.78 Å². The van der Waals surface area contributed by atoms with E-state index >= 15 is 0 Å². The molecule has 0 aliphatic carbocycles. The van der Waals surface area contributed by atoms with Gasteiger partial charge in [0.05, 0.1) is 17.8 Å². The zero-order valence-corrected chi connectivity index (χ0v) is 15.5. The van der Waals surface area contributed by atoms with E-state index in [1.165, 1.54) is 41.1 Å². The van der Waals surface area contributed by atoms with Crippen molar-refractivity contribution in [2.24, 2.45) is 0 Å². The van der Waals surface area contributed by atoms with Crippen LogP contribution in [-0.4, -0.2) is 14.9 Å². The minimum absolute atomic E-state index is 0.0481. The molecule has 0 bridgehead atoms. The summed E-state index contributed by atoms with van der Waals surface area (Å²) < 4.78 is 56.1. The lowest BCUT2D eigenvalue weighted by molar-refractivity contribution is -0.136. The van der Waals surface area contributed by atoms with E-state index < -0.39 is 17.6 Å². The SMILES string of the molecule is Oc1cccc(-c2c3cccc(C(F)(F)F)c3nn2Cc2ccc(Cl)cc2F)c1. The first-order chi connectivity index (χ1) is 13.7. The van der Waals surface area contributed by atoms with Crippen LogP contribution in [0.3, 0.4) is 0 Å². The highest BCUT2D eigenvalue weighted by atomic mass is 35.5. The number of alkyl halides is 3. The number of rotatable bonds is 3. The summed E-state index contributed by atoms with van der Waals surface area (Å²) in [7, 11) is 0. The van der Waals surface area contributed by atoms with Crippen LogP contribution >= 0.6 is 11.6 Å². The van der Waals surface area contributed by atoms with Crippen LogP contribution in [-0.2, 0) is 12.7 Å². The standard InChI is InChI=1S/C21H13ClF4N2O/c22-14-8-7-13(18(23)10-14)11-28-20(12-3-1-4-15(29)9-12)16-5-2-6-17(19(16)27-28)21(24,25)26/h1-10,29H,11H2. The van der Waals surface area contributed by atoms with Gasteiger partial charge in [0.25, 0.3) is 0 Å². The number of hydrogen-bond donors (Lipinski definition) is 1. The number of halogens is 5. The summed E-state index contributed by atoms with van der Waals surface area (Å²) in [5.74, 6) is -0.636. The maximum Gasteiger partial charge on any atom is 0.418 e. The van der Waals surface area contributed by atoms with E-state index in [1.54, 1.807) is 12.1 Å². The Hall–Kier alpha value is -3.06. The largest absolute Gasteiger partial charge is 0.508 e. The molecule has 3 nitrogen and oxygen atoms in total. The molecule has 0 aliphatic rings. The Labute approximate surface area is 167 Å². The average molecular weight is 421 g/mol. The third-order valence-electron chi connectivity index (χ3n) is 4.53. The maximum absolute atomic E-state index is 14.3. The van der Waals surface area contributed by atoms with Crippen LogP contribution in [0.15, 0.2) is 60.7 Å². The fourth-order valence-corrected chi connectivity index (χ4v) is 3.42. The fraction of sp³-hybridized carbons (Fsp3) is 0.0952. The summed E-state index contributed by atoms with van der Waals surface area (Å²) in [6.07, 6.45) is -4.60. The second-order valence-corrected chi connectivity index (χ2v) is 6.93. The molecule has 0 saturated carbocycles. The van der Waals surface area contributed by atoms with Gasteiger partial charge in [-0.3, -0.25) is 4.68 Å². The molecule has 0 radical (unpaired) electrons. The molecule has 1 heterocycles. The summed E-state index contributed by atoms with van der Waals surface area (Å²) in [5.41, 5.74) is -0.103. The van der Waals surface area contributed by atoms with Crippen LogP contribution in [0.25, 0.3) is 22.2 Å². The third kappa shape index (κ3) is 3.65. The first-order valence-electron chi connectivity index (χ1n) is 8.54. The molecular weight excluding hydrogens is 408 g/mol. The molecule has 0 amide bonds. The molecule has 0 fully saturated rings. The minimum Gasteiger partial charge on any atom is -0.508 e. The predicted octanol–water partition coefficient (Wildman–Crippen LogP) is 6.27. The lowest BCUT2D eigenvalue weighted by Crippen LogP contribution is -2.07. The molecule has 148 valence electrons. The summed E-state index contributed by atoms with van der Waals surface area (Å²) in [6.45, 7) is -0.111. The van der Waals surface area contributed by atoms with Gasteiger partial charge in [-0.1, -0.05) is 41.9 Å². The molecule has 4 aromatic rings. The average Bonchev–Trinajstić information content (AvgIpc) is 3.01. The summed E-state index contributed by atoms with van der Waals surface area (Å²) in [6, 6.07) is 14.0. The van der Waals surface area contributed by atoms with Crippen molar-refractivity contribution in [2.45, 2.75) is 12.7 Å². The second kappa shape index (κ2) is 7.08. The number of hydrogen-bond acceptors (Lipinski definition) is 2. The quantitative estimate of drug-likeness (QED) is 0.397. The molecule has 0 unspecified atom stereocenters. The van der Waals surface area contributed by atoms with Gasteiger partial charge in [0.2, 0.25) is 0 Å². The van der Waals surface area contributed by atoms with E-state index in [0.717, 1.165) is 12.1 Å². The molecule has 0 atom stereocenters. The topological polar surface area (TPSA) is 38.1 Å². The Kier molecular flexibility index (Phi) is 4.70. The molecule has 3 aromatic carbocycles. The molecule has 1 N–H and O–H groups in total. The van der Waals surface area contributed by atoms with Gasteiger partial charge in [-0.2, -0.15) is 18.3 Å². The Bertz CT molecular complexity index is 1220. The van der Waals surface area contributed by atoms with Gasteiger partial charge in [0.15, 0.2) is 0 Å². The van der Waals surface area contributed by atoms with Crippen LogP contribution < -0.4 is 0 Å². The molecule has 8 heteroatoms. The zero-order chi connectivity index (χ0) is 20.8. The van der Waals surface area contributed by atoms with E-state index in [0.29, 0.717) is 11.3 Å². The highest BCUT2D eigenvalue weighted by Crippen LogP contribution is 2.38. The van der Waals surface area contributed by atoms with Crippen molar-refractivity contribution >= 4 is 22.5 Å². The second-order valence-electron chi connectivity index (χ2n) is 6.49. The highest BCUT2D eigenvalue weighted by Gasteiger charge is 2.34. The number of phenolic OH excluding ortho intramolecular Hbond substituents is 1. The number of fused-ring (bicyclic) bond motifs is 1. The lowest BCUT2D eigenvalue weighted by Gasteiger charge is -2.10. The van der Waals surface area contributed by atoms with Crippen molar-refractivity contribution in [3.8, 4) is 17.0 Å². The first kappa shape index (κ1) is 19.3. The zero-order valence-electron chi connectivity index (χ0n) is 14.7. The van der Waals surface area contributed by atoms with E-state index in [1.807, 2.05) is 0 Å². The van der Waals surface area contributed by atoms with Crippen molar-refractivity contribution < 1.29 is 22.7 Å². The Balaban J connectivity index is 1.98. The van der Waals surface area contributed by atoms with Gasteiger partial charge < -0.3 is 5.11 Å². The predicted molar refractivity (Wildman–Crippen MR) is 102 cm³/mol. The Morgan fingerprint density at radius 1 is 1.00 bits per heavy atom. The van der Waals surface area contributed by atoms with E-state index in [4.69, 9.17) is 11.6 Å². The summed E-state index contributed by atoms with van der Waals surface area (Å²) in [5, 5.41) is 14.5. The van der Waals surface area contributed by atoms with E-state index in [9.17, 15) is 22.7 Å². The smallest absolute Gasteiger partial charge is 0.418 e. The van der Waals surface area contributed by atoms with E-state index in [2.05, 4.69) is 5.10 Å². The van der Waals surface area contributed by atoms with Crippen LogP contribution in [0.5, 0.6) is 5.75 Å². The maximum atomic E-state index is 14.3. The fourth-order valence-electron chi connectivity index (χ4n) is 3.26. The minimum atomic E-state index is -4.60. The molecule has 4 rings (SSSR count). The van der Waals surface area contributed by atoms with Gasteiger partial charge >= 0.3 is 6.18 Å². The van der Waals surface area contributed by atoms with Crippen LogP contribution in [0.1, 0.15) is 11.1 Å². The van der Waals surface area contributed by atoms with Crippen molar-refractivity contribution in [3.05, 3.63) is 82.6 Å². The third-order valence-corrected chi connectivity index (χ3v) is 4.77. The van der Waals surface area contributed by atoms with Crippen LogP contribution in [0.2, 0.25) is 5.02 Å². The van der Waals surface area contributed by atoms with E-state index in [-0.39, 0.29) is 33.8 Å². The highest BCUT2D eigenvalue weighted by molar-refractivity contribution is 6.30. The Morgan fingerprint density at radius 2 is 1.76 bits per heavy atom. The molecule has 0 aliphatic heterocycles. The van der Waals surface area contributed by atoms with Gasteiger partial charge in [0, 0.05) is 21.5 Å². The van der Waals surface area contributed by atoms with Crippen LogP contribution in [0.4, 0.5) is 17.6 Å². The van der Waals surface area contributed by atoms with Gasteiger partial charge in [-0.25, -0.2) is 4.39 Å². The molecule has 29 heavy (non-hydrogen) atoms. The van der Waals surface area contributed by atoms with Crippen molar-refractivity contribution in [2.75, 3.05) is 0 Å². The van der Waals surface area contributed by atoms with Gasteiger partial charge in [-0.15, -0.1) is 0 Å². The molecule has 0 spiro atoms. The van der Waals surface area contributed by atoms with Gasteiger partial charge in [0.1, 0.15) is 17.1 Å². The summed E-state index contributed by atoms with van der Waals surface area (Å²) in [4.78, 5) is 0. The number of phenols is 1. The monoisotopic (exact) mass is 420 g/mol. The number of aromatic nitrogens is 2. The van der Waals surface area contributed by atoms with Crippen molar-refractivity contribution in [3.63, 3.8) is 0 Å². The normalized spacial score (nSPS) is 11.9. The van der Waals surface area contributed by atoms with Crippen molar-refractivity contribution in [1.29, 1.82) is 0 Å². The number of nitrogens with zero attached hydrogens (tertiary/aromatic N) is 2. The first-order valence-corrected chi connectivity index (χ1v) is 8.92. The lowest BCUT2D eigenvalue weighted by atomic mass is 10.0. The summed E-state index contributed by atoms with van der Waals surface area (Å²) >= 11 is 5.78.